The number of benzene rings is 13. The van der Waals surface area contributed by atoms with Gasteiger partial charge in [0.1, 0.15) is 30.9 Å². The van der Waals surface area contributed by atoms with Gasteiger partial charge in [-0.25, -0.2) is 9.13 Å². The van der Waals surface area contributed by atoms with E-state index in [0.29, 0.717) is 41.8 Å². The first-order chi connectivity index (χ1) is 65.6. The summed E-state index contributed by atoms with van der Waals surface area (Å²) in [6.45, 7) is 15.3. The van der Waals surface area contributed by atoms with Gasteiger partial charge in [0.15, 0.2) is 23.7 Å². The van der Waals surface area contributed by atoms with E-state index in [1.807, 2.05) is 83.9 Å². The number of fused-ring (bicyclic) bond motifs is 4. The zero-order valence-corrected chi connectivity index (χ0v) is 77.9. The zero-order chi connectivity index (χ0) is 93.8. The first-order valence-electron chi connectivity index (χ1n) is 51.0. The third-order valence-electron chi connectivity index (χ3n) is 29.3. The lowest BCUT2D eigenvalue weighted by molar-refractivity contribution is -0.665. The average Bonchev–Trinajstić information content (AvgIpc) is 0.752. The Morgan fingerprint density at radius 2 is 0.543 bits per heavy atom. The summed E-state index contributed by atoms with van der Waals surface area (Å²) in [6.07, 6.45) is 27.0. The maximum absolute atomic E-state index is 8.94. The first-order valence-corrected chi connectivity index (χ1v) is 48.0. The number of hydrogen-bond acceptors (Lipinski definition) is 0. The fourth-order valence-electron chi connectivity index (χ4n) is 21.6. The number of nitrogens with zero attached hydrogens (tertiary/aromatic N) is 4. The van der Waals surface area contributed by atoms with Gasteiger partial charge in [-0.1, -0.05) is 289 Å². The minimum atomic E-state index is 0.210. The highest BCUT2D eigenvalue weighted by Gasteiger charge is 2.31. The van der Waals surface area contributed by atoms with Gasteiger partial charge in [0.05, 0.1) is 43.7 Å². The van der Waals surface area contributed by atoms with E-state index in [0.717, 1.165) is 110 Å². The maximum atomic E-state index is 8.94. The Kier molecular flexibility index (Phi) is 24.5. The van der Waals surface area contributed by atoms with Crippen LogP contribution in [0.2, 0.25) is 0 Å². The molecule has 0 radical (unpaired) electrons. The summed E-state index contributed by atoms with van der Waals surface area (Å²) < 4.78 is 61.2. The molecule has 4 nitrogen and oxygen atoms in total. The highest BCUT2D eigenvalue weighted by atomic mass is 15.0. The predicted octanol–water partition coefficient (Wildman–Crippen LogP) is 32.0. The second-order valence-corrected chi connectivity index (χ2v) is 37.6. The molecule has 4 aliphatic carbocycles. The minimum absolute atomic E-state index is 0.210. The van der Waals surface area contributed by atoms with Crippen LogP contribution in [0.15, 0.2) is 322 Å². The van der Waals surface area contributed by atoms with E-state index in [4.69, 9.17) is 8.22 Å². The summed E-state index contributed by atoms with van der Waals surface area (Å²) in [7, 11) is 8.09. The quantitative estimate of drug-likeness (QED) is 0.102. The van der Waals surface area contributed by atoms with Crippen LogP contribution in [-0.2, 0) is 28.2 Å². The smallest absolute Gasteiger partial charge is 0.200 e. The second kappa shape index (κ2) is 39.6. The lowest BCUT2D eigenvalue weighted by Gasteiger charge is -2.28. The highest BCUT2D eigenvalue weighted by Crippen LogP contribution is 2.46. The largest absolute Gasteiger partial charge is 0.220 e. The Labute approximate surface area is 777 Å². The van der Waals surface area contributed by atoms with Gasteiger partial charge in [-0.05, 0) is 310 Å². The fraction of sp³-hybridized carbons (Fsp3) is 0.280. The van der Waals surface area contributed by atoms with Crippen LogP contribution in [-0.4, -0.2) is 0 Å². The highest BCUT2D eigenvalue weighted by molar-refractivity contribution is 6.00. The van der Waals surface area contributed by atoms with Crippen molar-refractivity contribution in [2.24, 2.45) is 28.2 Å². The number of aryl methyl sites for hydroxylation is 3. The number of rotatable bonds is 13. The summed E-state index contributed by atoms with van der Waals surface area (Å²) in [5.41, 5.74) is 35.5. The predicted molar refractivity (Wildman–Crippen MR) is 546 cm³/mol. The summed E-state index contributed by atoms with van der Waals surface area (Å²) in [5, 5.41) is 8.11. The molecule has 0 spiro atoms. The van der Waals surface area contributed by atoms with Crippen LogP contribution in [0.25, 0.3) is 144 Å². The standard InChI is InChI=1S/C35H40N.C31H34N.C30H32N.C29H24N/c1-25-33(28-16-10-5-11-17-28)23-31(27-14-8-4-9-15-27)24-34(25)35-32-19-18-29(26-12-6-3-7-13-26)22-30(32)20-21-36(35)2;1-21-17-27(25-13-9-6-10-14-25)20-30(23(21)3)31-29-16-15-26(24-11-7-5-8-12-24)19-28(29)18-22(2)32(31)4;1-21-14-15-26(24-12-8-5-9-13-24)20-29(21)30-28-17-16-25(23-10-6-4-7-11-23)19-27(28)18-22(2)31(30)3;1-21-13-14-25(23-11-7-4-8-12-23)20-28(21)29-27-16-15-24(22-9-5-3-6-10-22)19-26(27)17-18-30(29)2/h3,6-7,12-13,18-24,27-28H,4-5,8-11,14-17H2,1-2H3;5,7-8,11-12,15-20,25H,6,9-10,13-14H2,1-4H3;4,6-7,10-11,14-20,24H,5,8-9,12-13H2,1-3H3;3-20H,1-2H3/q4*+1/i20D,21D;2*18D;17D,18D. The van der Waals surface area contributed by atoms with Gasteiger partial charge in [0.25, 0.3) is 0 Å². The zero-order valence-electron chi connectivity index (χ0n) is 83.9. The summed E-state index contributed by atoms with van der Waals surface area (Å²) in [6, 6.07) is 103. The van der Waals surface area contributed by atoms with Crippen LogP contribution in [0.1, 0.15) is 222 Å². The molecule has 13 aromatic carbocycles. The number of aromatic nitrogens is 4. The van der Waals surface area contributed by atoms with Crippen LogP contribution in [0.3, 0.4) is 0 Å². The Bertz CT molecular complexity index is 7250. The van der Waals surface area contributed by atoms with Crippen LogP contribution >= 0.6 is 0 Å². The van der Waals surface area contributed by atoms with E-state index in [9.17, 15) is 0 Å². The Balaban J connectivity index is 0.000000120. The van der Waals surface area contributed by atoms with Crippen molar-refractivity contribution < 1.29 is 26.5 Å². The van der Waals surface area contributed by atoms with Gasteiger partial charge in [-0.15, -0.1) is 0 Å². The van der Waals surface area contributed by atoms with Crippen molar-refractivity contribution in [3.05, 3.63) is 383 Å². The molecule has 17 aromatic rings. The lowest BCUT2D eigenvalue weighted by Crippen LogP contribution is -2.35. The van der Waals surface area contributed by atoms with Crippen molar-refractivity contribution in [1.29, 1.82) is 0 Å². The van der Waals surface area contributed by atoms with Gasteiger partial charge in [0, 0.05) is 43.6 Å². The van der Waals surface area contributed by atoms with Gasteiger partial charge in [-0.3, -0.25) is 0 Å². The summed E-state index contributed by atoms with van der Waals surface area (Å²) in [4.78, 5) is 0. The SMILES string of the molecule is [2H]c1c(C)[n+](C)c(-c2cc(C3CCCCC3)cc(C)c2C)c2ccc(-c3ccccc3)cc12.[2H]c1c(C)[n+](C)c(-c2cc(C3CCCCC3)ccc2C)c2ccc(-c3ccccc3)cc12.[2H]c1c([2H])[n+](C)c(-c2cc(-c3ccccc3)ccc2C)c2ccc(-c3ccccc3)cc12.[2H]c1c([2H])[n+](C)c(-c2cc(C3CCCCC3)cc(C3CCCCC3)c2C)c2ccc(-c3ccccc3)cc12. The monoisotopic (exact) mass is 1690 g/mol. The van der Waals surface area contributed by atoms with Crippen LogP contribution in [0, 0.1) is 48.5 Å². The molecule has 4 aliphatic rings. The molecule has 4 fully saturated rings. The molecule has 4 heteroatoms. The average molecular weight is 1690 g/mol. The topological polar surface area (TPSA) is 15.5 Å². The van der Waals surface area contributed by atoms with Crippen LogP contribution in [0.4, 0.5) is 0 Å². The molecule has 0 N–H and O–H groups in total. The molecule has 0 amide bonds. The molecule has 0 unspecified atom stereocenters. The van der Waals surface area contributed by atoms with E-state index < -0.39 is 0 Å². The van der Waals surface area contributed by atoms with Crippen molar-refractivity contribution in [2.75, 3.05) is 0 Å². The molecule has 0 atom stereocenters. The van der Waals surface area contributed by atoms with Crippen LogP contribution in [0.5, 0.6) is 0 Å². The summed E-state index contributed by atoms with van der Waals surface area (Å²) >= 11 is 0. The maximum Gasteiger partial charge on any atom is 0.220 e. The molecule has 4 heterocycles. The Morgan fingerprint density at radius 3 is 0.946 bits per heavy atom. The van der Waals surface area contributed by atoms with Crippen molar-refractivity contribution in [2.45, 2.75) is 201 Å². The minimum Gasteiger partial charge on any atom is -0.200 e. The Morgan fingerprint density at radius 1 is 0.240 bits per heavy atom. The van der Waals surface area contributed by atoms with E-state index in [1.165, 1.54) is 218 Å². The molecule has 0 bridgehead atoms. The molecule has 4 saturated carbocycles. The summed E-state index contributed by atoms with van der Waals surface area (Å²) in [5.74, 6) is 2.63. The third kappa shape index (κ3) is 19.0. The lowest BCUT2D eigenvalue weighted by atomic mass is 9.76. The van der Waals surface area contributed by atoms with Gasteiger partial charge in [0.2, 0.25) is 22.8 Å². The Hall–Kier alpha value is -12.5. The molecule has 0 aliphatic heterocycles. The van der Waals surface area contributed by atoms with Gasteiger partial charge in [-0.2, -0.15) is 9.13 Å². The number of hydrogen-bond donors (Lipinski definition) is 0. The first kappa shape index (κ1) is 79.9. The molecule has 21 rings (SSSR count). The van der Waals surface area contributed by atoms with E-state index >= 15 is 0 Å². The molecule has 0 saturated heterocycles. The van der Waals surface area contributed by atoms with Gasteiger partial charge >= 0.3 is 0 Å². The molecule has 129 heavy (non-hydrogen) atoms. The molecular weight excluding hydrogens is 1560 g/mol. The molecule has 646 valence electrons. The molecule has 4 aromatic heterocycles. The fourth-order valence-corrected chi connectivity index (χ4v) is 21.6. The second-order valence-electron chi connectivity index (χ2n) is 37.6. The van der Waals surface area contributed by atoms with E-state index in [1.54, 1.807) is 5.56 Å². The molecular formula is C125H130N4+4. The van der Waals surface area contributed by atoms with Crippen molar-refractivity contribution in [1.82, 2.24) is 0 Å². The van der Waals surface area contributed by atoms with Gasteiger partial charge < -0.3 is 0 Å². The number of pyridine rings is 4. The van der Waals surface area contributed by atoms with E-state index in [2.05, 4.69) is 296 Å². The van der Waals surface area contributed by atoms with Crippen molar-refractivity contribution in [3.8, 4) is 101 Å². The van der Waals surface area contributed by atoms with Crippen LogP contribution < -0.4 is 18.3 Å². The van der Waals surface area contributed by atoms with Crippen molar-refractivity contribution in [3.63, 3.8) is 0 Å². The van der Waals surface area contributed by atoms with Crippen molar-refractivity contribution >= 4 is 43.1 Å². The third-order valence-corrected chi connectivity index (χ3v) is 29.3. The normalized spacial score (nSPS) is 15.3. The van der Waals surface area contributed by atoms with E-state index in [-0.39, 0.29) is 18.4 Å².